The molecule has 1 atom stereocenters. The molecule has 6 nitrogen and oxygen atoms in total. The largest absolute Gasteiger partial charge is 0.486 e. The van der Waals surface area contributed by atoms with Crippen LogP contribution in [0.3, 0.4) is 0 Å². The average Bonchev–Trinajstić information content (AvgIpc) is 3.20. The lowest BCUT2D eigenvalue weighted by Gasteiger charge is -2.04. The van der Waals surface area contributed by atoms with E-state index in [1.54, 1.807) is 12.1 Å². The summed E-state index contributed by atoms with van der Waals surface area (Å²) >= 11 is 7.37. The van der Waals surface area contributed by atoms with Gasteiger partial charge in [-0.15, -0.1) is 23.7 Å². The van der Waals surface area contributed by atoms with Gasteiger partial charge >= 0.3 is 0 Å². The Morgan fingerprint density at radius 3 is 2.69 bits per heavy atom. The number of hydrogen-bond acceptors (Lipinski definition) is 7. The van der Waals surface area contributed by atoms with Crippen LogP contribution in [0.25, 0.3) is 10.8 Å². The van der Waals surface area contributed by atoms with E-state index >= 15 is 0 Å². The molecule has 2 aromatic heterocycles. The molecule has 0 saturated carbocycles. The van der Waals surface area contributed by atoms with Crippen LogP contribution in [-0.4, -0.2) is 28.2 Å². The summed E-state index contributed by atoms with van der Waals surface area (Å²) < 4.78 is 11.1. The van der Waals surface area contributed by atoms with Crippen molar-refractivity contribution in [2.45, 2.75) is 32.9 Å². The number of halogens is 2. The number of aryl methyl sites for hydroxylation is 1. The van der Waals surface area contributed by atoms with Crippen molar-refractivity contribution in [2.24, 2.45) is 0 Å². The molecule has 0 aliphatic carbocycles. The molecule has 1 N–H and O–H groups in total. The smallest absolute Gasteiger partial charge is 0.269 e. The number of nitrogens with one attached hydrogen (secondary N) is 1. The number of likely N-dealkylation sites (N-methyl/N-ethyl adjacent to an activating group) is 1. The lowest BCUT2D eigenvalue weighted by atomic mass is 10.2. The Morgan fingerprint density at radius 2 is 2.00 bits per heavy atom. The highest BCUT2D eigenvalue weighted by Crippen LogP contribution is 2.29. The second-order valence-corrected chi connectivity index (χ2v) is 7.19. The molecule has 9 heteroatoms. The zero-order valence-electron chi connectivity index (χ0n) is 14.7. The Bertz CT molecular complexity index is 836. The van der Waals surface area contributed by atoms with Gasteiger partial charge in [-0.2, -0.15) is 4.98 Å². The minimum Gasteiger partial charge on any atom is -0.486 e. The monoisotopic (exact) mass is 414 g/mol. The van der Waals surface area contributed by atoms with Gasteiger partial charge in [-0.1, -0.05) is 16.8 Å². The standard InChI is InChI=1S/C17H19ClN4O2S.ClH/c1-10(19-3)8-14-21-17(24-22-14)16-11(2)20-15(25-16)9-23-13-6-4-12(18)5-7-13;/h4-7,10,19H,8-9H2,1-3H3;1H. The Balaban J connectivity index is 0.00000243. The van der Waals surface area contributed by atoms with Crippen molar-refractivity contribution in [3.8, 4) is 16.5 Å². The number of benzene rings is 1. The van der Waals surface area contributed by atoms with Crippen molar-refractivity contribution >= 4 is 35.3 Å². The molecule has 3 rings (SSSR count). The molecule has 26 heavy (non-hydrogen) atoms. The van der Waals surface area contributed by atoms with E-state index in [1.165, 1.54) is 11.3 Å². The maximum absolute atomic E-state index is 5.87. The van der Waals surface area contributed by atoms with Crippen molar-refractivity contribution in [1.29, 1.82) is 0 Å². The minimum atomic E-state index is 0. The fourth-order valence-electron chi connectivity index (χ4n) is 2.19. The molecule has 1 unspecified atom stereocenters. The Hall–Kier alpha value is -1.67. The minimum absolute atomic E-state index is 0. The third kappa shape index (κ3) is 5.17. The number of hydrogen-bond donors (Lipinski definition) is 1. The summed E-state index contributed by atoms with van der Waals surface area (Å²) in [6.07, 6.45) is 0.713. The summed E-state index contributed by atoms with van der Waals surface area (Å²) in [7, 11) is 1.91. The van der Waals surface area contributed by atoms with E-state index in [1.807, 2.05) is 26.1 Å². The lowest BCUT2D eigenvalue weighted by Crippen LogP contribution is -2.24. The quantitative estimate of drug-likeness (QED) is 0.620. The summed E-state index contributed by atoms with van der Waals surface area (Å²) in [5.74, 6) is 1.94. The van der Waals surface area contributed by atoms with Crippen LogP contribution in [-0.2, 0) is 13.0 Å². The predicted octanol–water partition coefficient (Wildman–Crippen LogP) is 4.31. The van der Waals surface area contributed by atoms with Crippen molar-refractivity contribution in [2.75, 3.05) is 7.05 Å². The maximum atomic E-state index is 5.87. The van der Waals surface area contributed by atoms with Crippen LogP contribution < -0.4 is 10.1 Å². The number of rotatable bonds is 7. The molecule has 3 aromatic rings. The number of aromatic nitrogens is 3. The molecule has 1 aromatic carbocycles. The van der Waals surface area contributed by atoms with Gasteiger partial charge in [-0.3, -0.25) is 0 Å². The highest BCUT2D eigenvalue weighted by Gasteiger charge is 2.17. The van der Waals surface area contributed by atoms with Gasteiger partial charge in [0.05, 0.1) is 5.69 Å². The van der Waals surface area contributed by atoms with Crippen LogP contribution in [0.4, 0.5) is 0 Å². The molecule has 0 spiro atoms. The zero-order valence-corrected chi connectivity index (χ0v) is 17.0. The molecule has 0 bridgehead atoms. The lowest BCUT2D eigenvalue weighted by molar-refractivity contribution is 0.305. The molecule has 0 aliphatic rings. The molecule has 0 radical (unpaired) electrons. The fourth-order valence-corrected chi connectivity index (χ4v) is 3.22. The van der Waals surface area contributed by atoms with Crippen LogP contribution in [0.15, 0.2) is 28.8 Å². The van der Waals surface area contributed by atoms with Crippen LogP contribution in [0.2, 0.25) is 5.02 Å². The van der Waals surface area contributed by atoms with Gasteiger partial charge in [-0.25, -0.2) is 4.98 Å². The third-order valence-electron chi connectivity index (χ3n) is 3.66. The maximum Gasteiger partial charge on any atom is 0.269 e. The van der Waals surface area contributed by atoms with E-state index < -0.39 is 0 Å². The summed E-state index contributed by atoms with van der Waals surface area (Å²) in [6, 6.07) is 7.54. The van der Waals surface area contributed by atoms with Crippen molar-refractivity contribution in [3.63, 3.8) is 0 Å². The second kappa shape index (κ2) is 9.32. The van der Waals surface area contributed by atoms with E-state index in [0.29, 0.717) is 29.8 Å². The topological polar surface area (TPSA) is 73.1 Å². The summed E-state index contributed by atoms with van der Waals surface area (Å²) in [6.45, 7) is 4.38. The van der Waals surface area contributed by atoms with Crippen molar-refractivity contribution in [3.05, 3.63) is 45.8 Å². The molecular formula is C17H20Cl2N4O2S. The van der Waals surface area contributed by atoms with Gasteiger partial charge in [0, 0.05) is 17.5 Å². The van der Waals surface area contributed by atoms with Crippen LogP contribution >= 0.6 is 35.3 Å². The molecule has 0 aliphatic heterocycles. The molecule has 0 fully saturated rings. The van der Waals surface area contributed by atoms with Gasteiger partial charge in [0.2, 0.25) is 0 Å². The molecule has 140 valence electrons. The zero-order chi connectivity index (χ0) is 17.8. The van der Waals surface area contributed by atoms with E-state index in [-0.39, 0.29) is 18.4 Å². The summed E-state index contributed by atoms with van der Waals surface area (Å²) in [4.78, 5) is 9.88. The summed E-state index contributed by atoms with van der Waals surface area (Å²) in [5, 5.41) is 8.73. The average molecular weight is 415 g/mol. The van der Waals surface area contributed by atoms with E-state index in [9.17, 15) is 0 Å². The molecule has 2 heterocycles. The van der Waals surface area contributed by atoms with E-state index in [2.05, 4.69) is 27.4 Å². The number of nitrogens with zero attached hydrogens (tertiary/aromatic N) is 3. The van der Waals surface area contributed by atoms with E-state index in [0.717, 1.165) is 21.3 Å². The summed E-state index contributed by atoms with van der Waals surface area (Å²) in [5.41, 5.74) is 0.858. The number of ether oxygens (including phenoxy) is 1. The third-order valence-corrected chi connectivity index (χ3v) is 5.03. The first kappa shape index (κ1) is 20.6. The first-order valence-electron chi connectivity index (χ1n) is 7.90. The van der Waals surface area contributed by atoms with Crippen molar-refractivity contribution in [1.82, 2.24) is 20.4 Å². The van der Waals surface area contributed by atoms with Gasteiger partial charge < -0.3 is 14.6 Å². The predicted molar refractivity (Wildman–Crippen MR) is 105 cm³/mol. The number of thiazole rings is 1. The Labute approximate surface area is 167 Å². The Kier molecular flexibility index (Phi) is 7.40. The van der Waals surface area contributed by atoms with Crippen LogP contribution in [0.5, 0.6) is 5.75 Å². The van der Waals surface area contributed by atoms with Gasteiger partial charge in [-0.05, 0) is 45.2 Å². The van der Waals surface area contributed by atoms with Gasteiger partial charge in [0.15, 0.2) is 5.82 Å². The Morgan fingerprint density at radius 1 is 1.27 bits per heavy atom. The van der Waals surface area contributed by atoms with Gasteiger partial charge in [0.25, 0.3) is 5.89 Å². The van der Waals surface area contributed by atoms with Gasteiger partial charge in [0.1, 0.15) is 22.2 Å². The van der Waals surface area contributed by atoms with Crippen LogP contribution in [0, 0.1) is 6.92 Å². The molecular weight excluding hydrogens is 395 g/mol. The normalized spacial score (nSPS) is 11.8. The second-order valence-electron chi connectivity index (χ2n) is 5.67. The highest BCUT2D eigenvalue weighted by molar-refractivity contribution is 7.15. The highest BCUT2D eigenvalue weighted by atomic mass is 35.5. The first-order valence-corrected chi connectivity index (χ1v) is 9.09. The molecule has 0 amide bonds. The van der Waals surface area contributed by atoms with Crippen molar-refractivity contribution < 1.29 is 9.26 Å². The molecule has 0 saturated heterocycles. The van der Waals surface area contributed by atoms with E-state index in [4.69, 9.17) is 20.9 Å². The SMILES string of the molecule is CNC(C)Cc1noc(-c2sc(COc3ccc(Cl)cc3)nc2C)n1.Cl. The van der Waals surface area contributed by atoms with Crippen LogP contribution in [0.1, 0.15) is 23.4 Å². The fraction of sp³-hybridized carbons (Fsp3) is 0.353. The first-order chi connectivity index (χ1) is 12.0.